The van der Waals surface area contributed by atoms with Crippen LogP contribution < -0.4 is 19.5 Å². The highest BCUT2D eigenvalue weighted by molar-refractivity contribution is 7.89. The van der Waals surface area contributed by atoms with Crippen molar-refractivity contribution in [2.45, 2.75) is 30.7 Å². The van der Waals surface area contributed by atoms with Gasteiger partial charge in [0.1, 0.15) is 23.9 Å². The van der Waals surface area contributed by atoms with Gasteiger partial charge in [-0.25, -0.2) is 8.42 Å². The fourth-order valence-electron chi connectivity index (χ4n) is 3.91. The predicted octanol–water partition coefficient (Wildman–Crippen LogP) is 2.95. The molecule has 0 radical (unpaired) electrons. The molecule has 0 spiro atoms. The molecule has 1 fully saturated rings. The number of hydrogen-bond donors (Lipinski definition) is 1. The van der Waals surface area contributed by atoms with Gasteiger partial charge in [-0.15, -0.1) is 0 Å². The molecule has 2 aliphatic heterocycles. The lowest BCUT2D eigenvalue weighted by atomic mass is 10.0. The average Bonchev–Trinajstić information content (AvgIpc) is 3.24. The Morgan fingerprint density at radius 1 is 1.13 bits per heavy atom. The van der Waals surface area contributed by atoms with Crippen molar-refractivity contribution in [3.63, 3.8) is 0 Å². The fourth-order valence-corrected chi connectivity index (χ4v) is 5.78. The van der Waals surface area contributed by atoms with Crippen molar-refractivity contribution in [3.8, 4) is 17.2 Å². The van der Waals surface area contributed by atoms with Gasteiger partial charge in [0.15, 0.2) is 11.5 Å². The molecular formula is C21H24N2O6S. The van der Waals surface area contributed by atoms with E-state index in [0.717, 1.165) is 12.0 Å². The van der Waals surface area contributed by atoms with E-state index >= 15 is 0 Å². The Kier molecular flexibility index (Phi) is 5.57. The van der Waals surface area contributed by atoms with Gasteiger partial charge in [-0.3, -0.25) is 4.79 Å². The van der Waals surface area contributed by atoms with Gasteiger partial charge in [0.2, 0.25) is 15.9 Å². The molecule has 1 atom stereocenters. The van der Waals surface area contributed by atoms with E-state index in [0.29, 0.717) is 43.4 Å². The smallest absolute Gasteiger partial charge is 0.247 e. The minimum absolute atomic E-state index is 0.0284. The molecule has 30 heavy (non-hydrogen) atoms. The van der Waals surface area contributed by atoms with Crippen molar-refractivity contribution < 1.29 is 27.4 Å². The first-order valence-corrected chi connectivity index (χ1v) is 11.2. The minimum Gasteiger partial charge on any atom is -0.495 e. The number of nitrogens with one attached hydrogen (secondary N) is 1. The summed E-state index contributed by atoms with van der Waals surface area (Å²) in [4.78, 5) is 11.4. The van der Waals surface area contributed by atoms with Crippen LogP contribution in [0.1, 0.15) is 31.4 Å². The third kappa shape index (κ3) is 3.82. The maximum absolute atomic E-state index is 13.6. The van der Waals surface area contributed by atoms with Gasteiger partial charge in [0, 0.05) is 19.2 Å². The molecule has 1 amide bonds. The third-order valence-electron chi connectivity index (χ3n) is 5.23. The molecule has 2 heterocycles. The summed E-state index contributed by atoms with van der Waals surface area (Å²) in [6.07, 6.45) is 1.44. The molecule has 0 saturated carbocycles. The number of methoxy groups -OCH3 is 1. The van der Waals surface area contributed by atoms with E-state index in [-0.39, 0.29) is 22.6 Å². The van der Waals surface area contributed by atoms with E-state index in [9.17, 15) is 13.2 Å². The first-order valence-electron chi connectivity index (χ1n) is 9.77. The second kappa shape index (κ2) is 8.16. The lowest BCUT2D eigenvalue weighted by molar-refractivity contribution is -0.114. The summed E-state index contributed by atoms with van der Waals surface area (Å²) in [5, 5.41) is 2.63. The largest absolute Gasteiger partial charge is 0.495 e. The molecule has 160 valence electrons. The maximum Gasteiger partial charge on any atom is 0.247 e. The topological polar surface area (TPSA) is 94.2 Å². The predicted molar refractivity (Wildman–Crippen MR) is 111 cm³/mol. The second-order valence-corrected chi connectivity index (χ2v) is 9.08. The van der Waals surface area contributed by atoms with Crippen LogP contribution in [0.5, 0.6) is 17.2 Å². The minimum atomic E-state index is -3.87. The Labute approximate surface area is 175 Å². The van der Waals surface area contributed by atoms with Gasteiger partial charge >= 0.3 is 0 Å². The molecule has 8 nitrogen and oxygen atoms in total. The van der Waals surface area contributed by atoms with Crippen LogP contribution in [0.15, 0.2) is 41.3 Å². The lowest BCUT2D eigenvalue weighted by Crippen LogP contribution is -2.31. The Bertz CT molecular complexity index is 1070. The molecule has 2 aromatic carbocycles. The summed E-state index contributed by atoms with van der Waals surface area (Å²) in [7, 11) is -2.45. The summed E-state index contributed by atoms with van der Waals surface area (Å²) in [5.74, 6) is 1.26. The van der Waals surface area contributed by atoms with Crippen LogP contribution in [0, 0.1) is 0 Å². The van der Waals surface area contributed by atoms with Crippen LogP contribution in [0.25, 0.3) is 0 Å². The average molecular weight is 432 g/mol. The molecule has 2 aromatic rings. The van der Waals surface area contributed by atoms with Crippen LogP contribution in [-0.4, -0.2) is 45.5 Å². The van der Waals surface area contributed by atoms with E-state index in [1.54, 1.807) is 12.1 Å². The molecule has 9 heteroatoms. The Balaban J connectivity index is 1.71. The van der Waals surface area contributed by atoms with Crippen LogP contribution in [0.2, 0.25) is 0 Å². The van der Waals surface area contributed by atoms with Gasteiger partial charge in [0.25, 0.3) is 0 Å². The van der Waals surface area contributed by atoms with E-state index in [4.69, 9.17) is 14.2 Å². The number of carbonyl (C=O) groups is 1. The van der Waals surface area contributed by atoms with Gasteiger partial charge in [-0.2, -0.15) is 4.31 Å². The van der Waals surface area contributed by atoms with E-state index in [2.05, 4.69) is 5.32 Å². The van der Waals surface area contributed by atoms with Crippen LogP contribution in [0.3, 0.4) is 0 Å². The molecule has 0 bridgehead atoms. The highest BCUT2D eigenvalue weighted by Crippen LogP contribution is 2.42. The van der Waals surface area contributed by atoms with Gasteiger partial charge in [0.05, 0.1) is 13.2 Å². The SMILES string of the molecule is COc1ccc(NC(C)=O)cc1S(=O)(=O)N1CCC[C@@H]1c1ccc2c(c1)OCCO2. The Morgan fingerprint density at radius 2 is 1.90 bits per heavy atom. The normalized spacial score (nSPS) is 18.8. The zero-order valence-electron chi connectivity index (χ0n) is 16.9. The number of rotatable bonds is 5. The first-order chi connectivity index (χ1) is 14.4. The number of anilines is 1. The molecular weight excluding hydrogens is 408 g/mol. The molecule has 1 N–H and O–H groups in total. The van der Waals surface area contributed by atoms with Gasteiger partial charge < -0.3 is 19.5 Å². The van der Waals surface area contributed by atoms with Gasteiger partial charge in [-0.1, -0.05) is 6.07 Å². The van der Waals surface area contributed by atoms with Gasteiger partial charge in [-0.05, 0) is 48.7 Å². The number of benzene rings is 2. The van der Waals surface area contributed by atoms with E-state index in [1.165, 1.54) is 24.4 Å². The zero-order valence-corrected chi connectivity index (χ0v) is 17.7. The lowest BCUT2D eigenvalue weighted by Gasteiger charge is -2.27. The van der Waals surface area contributed by atoms with Crippen molar-refractivity contribution in [1.82, 2.24) is 4.31 Å². The van der Waals surface area contributed by atoms with Crippen LogP contribution in [0.4, 0.5) is 5.69 Å². The summed E-state index contributed by atoms with van der Waals surface area (Å²) in [6, 6.07) is 9.85. The molecule has 0 unspecified atom stereocenters. The molecule has 0 aliphatic carbocycles. The van der Waals surface area contributed by atoms with Crippen LogP contribution in [-0.2, 0) is 14.8 Å². The fraction of sp³-hybridized carbons (Fsp3) is 0.381. The number of fused-ring (bicyclic) bond motifs is 1. The summed E-state index contributed by atoms with van der Waals surface area (Å²) < 4.78 is 45.2. The third-order valence-corrected chi connectivity index (χ3v) is 7.15. The first kappa shape index (κ1) is 20.5. The van der Waals surface area contributed by atoms with E-state index in [1.807, 2.05) is 18.2 Å². The molecule has 0 aromatic heterocycles. The summed E-state index contributed by atoms with van der Waals surface area (Å²) in [5.41, 5.74) is 1.26. The van der Waals surface area contributed by atoms with E-state index < -0.39 is 10.0 Å². The number of hydrogen-bond acceptors (Lipinski definition) is 6. The standard InChI is InChI=1S/C21H24N2O6S/c1-14(24)22-16-6-8-19(27-2)21(13-16)30(25,26)23-9-3-4-17(23)15-5-7-18-20(12-15)29-11-10-28-18/h5-8,12-13,17H,3-4,9-11H2,1-2H3,(H,22,24)/t17-/m1/s1. The van der Waals surface area contributed by atoms with Crippen molar-refractivity contribution >= 4 is 21.6 Å². The second-order valence-electron chi connectivity index (χ2n) is 7.22. The highest BCUT2D eigenvalue weighted by atomic mass is 32.2. The van der Waals surface area contributed by atoms with Crippen LogP contribution >= 0.6 is 0 Å². The Hall–Kier alpha value is -2.78. The molecule has 1 saturated heterocycles. The summed E-state index contributed by atoms with van der Waals surface area (Å²) >= 11 is 0. The maximum atomic E-state index is 13.6. The quantitative estimate of drug-likeness (QED) is 0.781. The summed E-state index contributed by atoms with van der Waals surface area (Å²) in [6.45, 7) is 2.74. The van der Waals surface area contributed by atoms with Crippen molar-refractivity contribution in [1.29, 1.82) is 0 Å². The monoisotopic (exact) mass is 432 g/mol. The zero-order chi connectivity index (χ0) is 21.3. The number of nitrogens with zero attached hydrogens (tertiary/aromatic N) is 1. The number of carbonyl (C=O) groups excluding carboxylic acids is 1. The number of ether oxygens (including phenoxy) is 3. The molecule has 2 aliphatic rings. The highest BCUT2D eigenvalue weighted by Gasteiger charge is 2.38. The van der Waals surface area contributed by atoms with Crippen molar-refractivity contribution in [3.05, 3.63) is 42.0 Å². The molecule has 4 rings (SSSR count). The number of amides is 1. The van der Waals surface area contributed by atoms with Crippen molar-refractivity contribution in [2.24, 2.45) is 0 Å². The Morgan fingerprint density at radius 3 is 2.63 bits per heavy atom. The number of sulfonamides is 1. The van der Waals surface area contributed by atoms with Crippen molar-refractivity contribution in [2.75, 3.05) is 32.2 Å².